The summed E-state index contributed by atoms with van der Waals surface area (Å²) in [6.45, 7) is 4.47. The number of rotatable bonds is 2. The molecule has 1 aliphatic rings. The number of carbonyl (C=O) groups is 1. The molecule has 0 aliphatic carbocycles. The largest absolute Gasteiger partial charge is 0.378 e. The summed E-state index contributed by atoms with van der Waals surface area (Å²) < 4.78 is 6.77. The van der Waals surface area contributed by atoms with Gasteiger partial charge < -0.3 is 9.64 Å². The van der Waals surface area contributed by atoms with E-state index >= 15 is 0 Å². The van der Waals surface area contributed by atoms with E-state index in [-0.39, 0.29) is 5.91 Å². The van der Waals surface area contributed by atoms with Gasteiger partial charge in [0.2, 0.25) is 5.91 Å². The van der Waals surface area contributed by atoms with Crippen molar-refractivity contribution in [1.82, 2.24) is 9.78 Å². The summed E-state index contributed by atoms with van der Waals surface area (Å²) in [5, 5.41) is 5.10. The lowest BCUT2D eigenvalue weighted by Gasteiger charge is -2.28. The van der Waals surface area contributed by atoms with Crippen LogP contribution in [0.15, 0.2) is 30.5 Å². The molecule has 0 bridgehead atoms. The minimum absolute atomic E-state index is 0.107. The Morgan fingerprint density at radius 2 is 1.90 bits per heavy atom. The first-order valence-electron chi connectivity index (χ1n) is 6.84. The fraction of sp³-hybridized carbons (Fsp3) is 0.333. The van der Waals surface area contributed by atoms with E-state index in [2.05, 4.69) is 10.00 Å². The fourth-order valence-electron chi connectivity index (χ4n) is 2.38. The van der Waals surface area contributed by atoms with Crippen LogP contribution in [0.3, 0.4) is 0 Å². The summed E-state index contributed by atoms with van der Waals surface area (Å²) in [7, 11) is 0. The molecule has 1 aliphatic heterocycles. The quantitative estimate of drug-likeness (QED) is 0.856. The Labute approximate surface area is 128 Å². The van der Waals surface area contributed by atoms with Gasteiger partial charge in [-0.2, -0.15) is 5.10 Å². The second kappa shape index (κ2) is 5.87. The van der Waals surface area contributed by atoms with Crippen molar-refractivity contribution in [1.29, 1.82) is 0 Å². The van der Waals surface area contributed by atoms with Crippen molar-refractivity contribution in [2.45, 2.75) is 6.92 Å². The van der Waals surface area contributed by atoms with Crippen molar-refractivity contribution >= 4 is 23.2 Å². The zero-order valence-corrected chi connectivity index (χ0v) is 12.5. The number of hydrogen-bond donors (Lipinski definition) is 0. The van der Waals surface area contributed by atoms with Gasteiger partial charge >= 0.3 is 0 Å². The number of halogens is 1. The lowest BCUT2D eigenvalue weighted by atomic mass is 10.1. The molecule has 0 radical (unpaired) electrons. The van der Waals surface area contributed by atoms with Crippen LogP contribution < -0.4 is 4.90 Å². The van der Waals surface area contributed by atoms with Crippen LogP contribution in [0.25, 0.3) is 11.3 Å². The van der Waals surface area contributed by atoms with Crippen LogP contribution in [-0.4, -0.2) is 42.0 Å². The maximum Gasteiger partial charge on any atom is 0.243 e. The van der Waals surface area contributed by atoms with Gasteiger partial charge in [-0.25, -0.2) is 4.68 Å². The van der Waals surface area contributed by atoms with Crippen molar-refractivity contribution in [3.05, 3.63) is 35.5 Å². The normalized spacial score (nSPS) is 15.2. The van der Waals surface area contributed by atoms with Crippen molar-refractivity contribution < 1.29 is 9.53 Å². The Morgan fingerprint density at radius 3 is 2.52 bits per heavy atom. The molecule has 5 nitrogen and oxygen atoms in total. The van der Waals surface area contributed by atoms with Crippen LogP contribution in [0.4, 0.5) is 5.69 Å². The number of nitrogens with zero attached hydrogens (tertiary/aromatic N) is 3. The van der Waals surface area contributed by atoms with Crippen molar-refractivity contribution in [3.8, 4) is 11.3 Å². The van der Waals surface area contributed by atoms with E-state index < -0.39 is 0 Å². The van der Waals surface area contributed by atoms with Gasteiger partial charge in [0.05, 0.1) is 25.1 Å². The first-order valence-corrected chi connectivity index (χ1v) is 7.22. The Bertz CT molecular complexity index is 645. The maximum atomic E-state index is 11.6. The summed E-state index contributed by atoms with van der Waals surface area (Å²) in [4.78, 5) is 13.8. The zero-order valence-electron chi connectivity index (χ0n) is 11.8. The van der Waals surface area contributed by atoms with Gasteiger partial charge in [-0.3, -0.25) is 4.79 Å². The molecule has 0 unspecified atom stereocenters. The van der Waals surface area contributed by atoms with Gasteiger partial charge in [-0.05, 0) is 12.1 Å². The molecule has 2 aromatic rings. The lowest BCUT2D eigenvalue weighted by molar-refractivity contribution is 0.0921. The minimum Gasteiger partial charge on any atom is -0.378 e. The average Bonchev–Trinajstić information content (AvgIpc) is 2.94. The van der Waals surface area contributed by atoms with Crippen LogP contribution in [0.1, 0.15) is 11.7 Å². The number of carbonyl (C=O) groups excluding carboxylic acids is 1. The predicted octanol–water partition coefficient (Wildman–Crippen LogP) is 2.70. The van der Waals surface area contributed by atoms with Crippen molar-refractivity contribution in [3.63, 3.8) is 0 Å². The molecular weight excluding hydrogens is 290 g/mol. The maximum absolute atomic E-state index is 11.6. The summed E-state index contributed by atoms with van der Waals surface area (Å²) >= 11 is 5.94. The number of benzene rings is 1. The minimum atomic E-state index is -0.107. The number of hydrogen-bond acceptors (Lipinski definition) is 4. The van der Waals surface area contributed by atoms with Gasteiger partial charge in [0.1, 0.15) is 5.69 Å². The number of morpholine rings is 1. The van der Waals surface area contributed by atoms with Gasteiger partial charge in [0.15, 0.2) is 0 Å². The van der Waals surface area contributed by atoms with E-state index in [0.717, 1.165) is 30.0 Å². The third kappa shape index (κ3) is 2.94. The van der Waals surface area contributed by atoms with Gasteiger partial charge in [0, 0.05) is 30.6 Å². The Balaban J connectivity index is 2.04. The number of anilines is 1. The van der Waals surface area contributed by atoms with E-state index in [9.17, 15) is 4.79 Å². The van der Waals surface area contributed by atoms with E-state index in [1.54, 1.807) is 6.20 Å². The molecule has 0 amide bonds. The smallest absolute Gasteiger partial charge is 0.243 e. The van der Waals surface area contributed by atoms with Crippen molar-refractivity contribution in [2.24, 2.45) is 0 Å². The van der Waals surface area contributed by atoms with E-state index in [1.807, 2.05) is 24.3 Å². The molecule has 0 N–H and O–H groups in total. The van der Waals surface area contributed by atoms with E-state index in [0.29, 0.717) is 18.2 Å². The van der Waals surface area contributed by atoms with Crippen LogP contribution in [0.5, 0.6) is 0 Å². The molecule has 21 heavy (non-hydrogen) atoms. The van der Waals surface area contributed by atoms with Crippen LogP contribution in [0.2, 0.25) is 5.02 Å². The molecular formula is C15H16ClN3O2. The molecule has 0 spiro atoms. The molecule has 6 heteroatoms. The fourth-order valence-corrected chi connectivity index (χ4v) is 2.50. The van der Waals surface area contributed by atoms with Crippen LogP contribution in [0, 0.1) is 0 Å². The van der Waals surface area contributed by atoms with Gasteiger partial charge in [-0.15, -0.1) is 0 Å². The van der Waals surface area contributed by atoms with Crippen molar-refractivity contribution in [2.75, 3.05) is 31.2 Å². The van der Waals surface area contributed by atoms with Gasteiger partial charge in [0.25, 0.3) is 0 Å². The highest BCUT2D eigenvalue weighted by molar-refractivity contribution is 6.30. The first-order chi connectivity index (χ1) is 10.1. The monoisotopic (exact) mass is 305 g/mol. The number of ether oxygens (including phenoxy) is 1. The highest BCUT2D eigenvalue weighted by Gasteiger charge is 2.20. The number of aromatic nitrogens is 2. The summed E-state index contributed by atoms with van der Waals surface area (Å²) in [5.41, 5.74) is 2.69. The molecule has 1 aromatic heterocycles. The third-order valence-electron chi connectivity index (χ3n) is 3.49. The van der Waals surface area contributed by atoms with Gasteiger partial charge in [-0.1, -0.05) is 23.7 Å². The zero-order chi connectivity index (χ0) is 14.8. The first kappa shape index (κ1) is 14.1. The standard InChI is InChI=1S/C15H16ClN3O2/c1-11(20)19-10-14(18-6-8-21-9-7-18)15(17-19)12-2-4-13(16)5-3-12/h2-5,10H,6-9H2,1H3. The molecule has 2 heterocycles. The SMILES string of the molecule is CC(=O)n1cc(N2CCOCC2)c(-c2ccc(Cl)cc2)n1. The Morgan fingerprint density at radius 1 is 1.24 bits per heavy atom. The van der Waals surface area contributed by atoms with E-state index in [4.69, 9.17) is 16.3 Å². The molecule has 3 rings (SSSR count). The topological polar surface area (TPSA) is 47.4 Å². The lowest BCUT2D eigenvalue weighted by Crippen LogP contribution is -2.36. The van der Waals surface area contributed by atoms with Crippen LogP contribution >= 0.6 is 11.6 Å². The molecule has 1 saturated heterocycles. The Hall–Kier alpha value is -1.85. The highest BCUT2D eigenvalue weighted by Crippen LogP contribution is 2.31. The Kier molecular flexibility index (Phi) is 3.94. The molecule has 0 atom stereocenters. The second-order valence-corrected chi connectivity index (χ2v) is 5.37. The summed E-state index contributed by atoms with van der Waals surface area (Å²) in [6.07, 6.45) is 1.79. The predicted molar refractivity (Wildman–Crippen MR) is 82.0 cm³/mol. The molecule has 0 saturated carbocycles. The molecule has 110 valence electrons. The summed E-state index contributed by atoms with van der Waals surface area (Å²) in [6, 6.07) is 7.48. The van der Waals surface area contributed by atoms with Crippen LogP contribution in [-0.2, 0) is 4.74 Å². The molecule has 1 aromatic carbocycles. The third-order valence-corrected chi connectivity index (χ3v) is 3.74. The second-order valence-electron chi connectivity index (χ2n) is 4.93. The highest BCUT2D eigenvalue weighted by atomic mass is 35.5. The summed E-state index contributed by atoms with van der Waals surface area (Å²) in [5.74, 6) is -0.107. The molecule has 1 fully saturated rings. The average molecular weight is 306 g/mol. The van der Waals surface area contributed by atoms with E-state index in [1.165, 1.54) is 11.6 Å².